The number of nitrogens with one attached hydrogen (secondary N) is 1. The number of methoxy groups -OCH3 is 1. The first-order valence-corrected chi connectivity index (χ1v) is 9.41. The SMILES string of the molecule is CC[C@H](Oc1ccccc1F)C(=O)N[C@H]1CC(C)(C)Oc2cc(OC)ccc21. The first kappa shape index (κ1) is 20.0. The molecule has 1 aliphatic rings. The van der Waals surface area contributed by atoms with E-state index in [9.17, 15) is 9.18 Å². The molecular weight excluding hydrogens is 361 g/mol. The zero-order valence-electron chi connectivity index (χ0n) is 16.6. The molecule has 0 unspecified atom stereocenters. The Morgan fingerprint density at radius 3 is 2.75 bits per heavy atom. The van der Waals surface area contributed by atoms with Crippen LogP contribution in [0.4, 0.5) is 4.39 Å². The molecule has 6 heteroatoms. The standard InChI is InChI=1S/C22H26FNO4/c1-5-18(27-19-9-7-6-8-16(19)23)21(25)24-17-13-22(2,3)28-20-12-14(26-4)10-11-15(17)20/h6-12,17-18H,5,13H2,1-4H3,(H,24,25)/t17-,18-/m0/s1. The molecule has 5 nitrogen and oxygen atoms in total. The molecule has 0 saturated carbocycles. The van der Waals surface area contributed by atoms with Crippen LogP contribution in [0, 0.1) is 5.82 Å². The summed E-state index contributed by atoms with van der Waals surface area (Å²) in [6.07, 6.45) is 0.237. The van der Waals surface area contributed by atoms with Gasteiger partial charge in [-0.05, 0) is 44.5 Å². The molecule has 2 atom stereocenters. The van der Waals surface area contributed by atoms with Crippen molar-refractivity contribution in [2.75, 3.05) is 7.11 Å². The highest BCUT2D eigenvalue weighted by molar-refractivity contribution is 5.81. The zero-order chi connectivity index (χ0) is 20.3. The van der Waals surface area contributed by atoms with Crippen molar-refractivity contribution in [3.05, 3.63) is 53.8 Å². The fourth-order valence-electron chi connectivity index (χ4n) is 3.37. The lowest BCUT2D eigenvalue weighted by atomic mass is 9.89. The van der Waals surface area contributed by atoms with Crippen LogP contribution in [0.3, 0.4) is 0 Å². The monoisotopic (exact) mass is 387 g/mol. The van der Waals surface area contributed by atoms with Gasteiger partial charge in [-0.25, -0.2) is 4.39 Å². The number of ether oxygens (including phenoxy) is 3. The topological polar surface area (TPSA) is 56.8 Å². The predicted molar refractivity (Wildman–Crippen MR) is 104 cm³/mol. The Morgan fingerprint density at radius 2 is 2.07 bits per heavy atom. The molecule has 0 aliphatic carbocycles. The van der Waals surface area contributed by atoms with E-state index < -0.39 is 17.5 Å². The van der Waals surface area contributed by atoms with E-state index in [0.717, 1.165) is 5.56 Å². The van der Waals surface area contributed by atoms with Crippen LogP contribution in [0.2, 0.25) is 0 Å². The normalized spacial score (nSPS) is 18.4. The molecule has 3 rings (SSSR count). The number of amides is 1. The van der Waals surface area contributed by atoms with Gasteiger partial charge in [0.1, 0.15) is 17.1 Å². The van der Waals surface area contributed by atoms with E-state index in [0.29, 0.717) is 24.3 Å². The third-order valence-corrected chi connectivity index (χ3v) is 4.76. The summed E-state index contributed by atoms with van der Waals surface area (Å²) >= 11 is 0. The first-order valence-electron chi connectivity index (χ1n) is 9.41. The summed E-state index contributed by atoms with van der Waals surface area (Å²) in [5.41, 5.74) is 0.431. The number of hydrogen-bond donors (Lipinski definition) is 1. The second-order valence-electron chi connectivity index (χ2n) is 7.48. The molecule has 2 aromatic rings. The number of rotatable bonds is 6. The van der Waals surface area contributed by atoms with Crippen LogP contribution in [-0.2, 0) is 4.79 Å². The summed E-state index contributed by atoms with van der Waals surface area (Å²) < 4.78 is 30.9. The molecule has 0 aromatic heterocycles. The summed E-state index contributed by atoms with van der Waals surface area (Å²) in [6, 6.07) is 11.4. The van der Waals surface area contributed by atoms with Crippen molar-refractivity contribution in [2.45, 2.75) is 51.4 Å². The highest BCUT2D eigenvalue weighted by Crippen LogP contribution is 2.41. The van der Waals surface area contributed by atoms with Crippen molar-refractivity contribution in [2.24, 2.45) is 0 Å². The summed E-state index contributed by atoms with van der Waals surface area (Å²) in [4.78, 5) is 12.9. The van der Waals surface area contributed by atoms with Crippen LogP contribution < -0.4 is 19.5 Å². The summed E-state index contributed by atoms with van der Waals surface area (Å²) in [5.74, 6) is 0.676. The minimum absolute atomic E-state index is 0.0712. The van der Waals surface area contributed by atoms with Gasteiger partial charge in [0, 0.05) is 18.1 Å². The predicted octanol–water partition coefficient (Wildman–Crippen LogP) is 4.41. The Kier molecular flexibility index (Phi) is 5.77. The number of halogens is 1. The van der Waals surface area contributed by atoms with Crippen molar-refractivity contribution in [1.29, 1.82) is 0 Å². The second-order valence-corrected chi connectivity index (χ2v) is 7.48. The van der Waals surface area contributed by atoms with Gasteiger partial charge in [-0.15, -0.1) is 0 Å². The first-order chi connectivity index (χ1) is 13.3. The van der Waals surface area contributed by atoms with Crippen LogP contribution in [0.15, 0.2) is 42.5 Å². The summed E-state index contributed by atoms with van der Waals surface area (Å²) in [5, 5.41) is 3.05. The summed E-state index contributed by atoms with van der Waals surface area (Å²) in [7, 11) is 1.60. The van der Waals surface area contributed by atoms with E-state index in [1.165, 1.54) is 12.1 Å². The molecule has 0 bridgehead atoms. The van der Waals surface area contributed by atoms with E-state index in [2.05, 4.69) is 5.32 Å². The van der Waals surface area contributed by atoms with Gasteiger partial charge in [0.2, 0.25) is 0 Å². The van der Waals surface area contributed by atoms with Crippen molar-refractivity contribution in [3.8, 4) is 17.2 Å². The number of fused-ring (bicyclic) bond motifs is 1. The lowest BCUT2D eigenvalue weighted by Crippen LogP contribution is -2.45. The van der Waals surface area contributed by atoms with Gasteiger partial charge in [-0.1, -0.05) is 19.1 Å². The zero-order valence-corrected chi connectivity index (χ0v) is 16.6. The Balaban J connectivity index is 1.79. The molecule has 0 spiro atoms. The molecule has 150 valence electrons. The van der Waals surface area contributed by atoms with Gasteiger partial charge >= 0.3 is 0 Å². The van der Waals surface area contributed by atoms with Gasteiger partial charge in [-0.2, -0.15) is 0 Å². The van der Waals surface area contributed by atoms with Crippen LogP contribution in [0.1, 0.15) is 45.2 Å². The summed E-state index contributed by atoms with van der Waals surface area (Å²) in [6.45, 7) is 5.78. The van der Waals surface area contributed by atoms with Crippen molar-refractivity contribution in [3.63, 3.8) is 0 Å². The Hall–Kier alpha value is -2.76. The molecule has 0 fully saturated rings. The van der Waals surface area contributed by atoms with Crippen molar-refractivity contribution < 1.29 is 23.4 Å². The van der Waals surface area contributed by atoms with Crippen molar-refractivity contribution >= 4 is 5.91 Å². The highest BCUT2D eigenvalue weighted by Gasteiger charge is 2.36. The molecule has 1 aliphatic heterocycles. The maximum Gasteiger partial charge on any atom is 0.261 e. The maximum absolute atomic E-state index is 13.9. The van der Waals surface area contributed by atoms with E-state index in [1.807, 2.05) is 39.0 Å². The van der Waals surface area contributed by atoms with E-state index in [4.69, 9.17) is 14.2 Å². The van der Waals surface area contributed by atoms with Crippen LogP contribution in [-0.4, -0.2) is 24.7 Å². The van der Waals surface area contributed by atoms with Crippen LogP contribution in [0.5, 0.6) is 17.2 Å². The molecular formula is C22H26FNO4. The fraction of sp³-hybridized carbons (Fsp3) is 0.409. The lowest BCUT2D eigenvalue weighted by Gasteiger charge is -2.38. The Bertz CT molecular complexity index is 852. The highest BCUT2D eigenvalue weighted by atomic mass is 19.1. The number of hydrogen-bond acceptors (Lipinski definition) is 4. The Labute approximate surface area is 164 Å². The maximum atomic E-state index is 13.9. The van der Waals surface area contributed by atoms with Gasteiger partial charge in [0.25, 0.3) is 5.91 Å². The number of benzene rings is 2. The van der Waals surface area contributed by atoms with Gasteiger partial charge in [0.15, 0.2) is 17.7 Å². The van der Waals surface area contributed by atoms with Gasteiger partial charge in [0.05, 0.1) is 13.2 Å². The van der Waals surface area contributed by atoms with Gasteiger partial charge < -0.3 is 19.5 Å². The van der Waals surface area contributed by atoms with Crippen LogP contribution in [0.25, 0.3) is 0 Å². The number of para-hydroxylation sites is 1. The quantitative estimate of drug-likeness (QED) is 0.798. The third-order valence-electron chi connectivity index (χ3n) is 4.76. The van der Waals surface area contributed by atoms with E-state index in [1.54, 1.807) is 19.2 Å². The molecule has 28 heavy (non-hydrogen) atoms. The molecule has 0 radical (unpaired) electrons. The van der Waals surface area contributed by atoms with Crippen LogP contribution >= 0.6 is 0 Å². The smallest absolute Gasteiger partial charge is 0.261 e. The number of carbonyl (C=O) groups is 1. The minimum atomic E-state index is -0.787. The molecule has 1 amide bonds. The van der Waals surface area contributed by atoms with E-state index in [-0.39, 0.29) is 17.7 Å². The average molecular weight is 387 g/mol. The largest absolute Gasteiger partial charge is 0.497 e. The lowest BCUT2D eigenvalue weighted by molar-refractivity contribution is -0.129. The molecule has 2 aromatic carbocycles. The Morgan fingerprint density at radius 1 is 1.32 bits per heavy atom. The number of carbonyl (C=O) groups excluding carboxylic acids is 1. The fourth-order valence-corrected chi connectivity index (χ4v) is 3.37. The molecule has 1 N–H and O–H groups in total. The minimum Gasteiger partial charge on any atom is -0.497 e. The van der Waals surface area contributed by atoms with Crippen molar-refractivity contribution in [1.82, 2.24) is 5.32 Å². The van der Waals surface area contributed by atoms with Gasteiger partial charge in [-0.3, -0.25) is 4.79 Å². The van der Waals surface area contributed by atoms with E-state index >= 15 is 0 Å². The molecule has 1 heterocycles. The second kappa shape index (κ2) is 8.09. The average Bonchev–Trinajstić information content (AvgIpc) is 2.65. The molecule has 0 saturated heterocycles. The third kappa shape index (κ3) is 4.38.